The van der Waals surface area contributed by atoms with E-state index in [0.717, 1.165) is 17.1 Å². The lowest BCUT2D eigenvalue weighted by Gasteiger charge is -2.27. The average Bonchev–Trinajstić information content (AvgIpc) is 3.63. The SMILES string of the molecule is N#Cc1ccc(N(c2ccc3c(c2)sc2cc(-c4c5ccccc5c(-c5cccc6ccccc56)c5ccccc45)ccc23)c2cccc3ccccc23)cc1. The normalized spacial score (nSPS) is 11.6. The summed E-state index contributed by atoms with van der Waals surface area (Å²) < 4.78 is 2.49. The maximum atomic E-state index is 9.56. The van der Waals surface area contributed by atoms with E-state index in [1.807, 2.05) is 35.6 Å². The number of nitrogens with zero attached hydrogens (tertiary/aromatic N) is 2. The van der Waals surface area contributed by atoms with Crippen molar-refractivity contribution in [1.29, 1.82) is 5.26 Å². The predicted molar refractivity (Wildman–Crippen MR) is 240 cm³/mol. The van der Waals surface area contributed by atoms with Crippen molar-refractivity contribution in [2.24, 2.45) is 0 Å². The number of anilines is 3. The van der Waals surface area contributed by atoms with E-state index < -0.39 is 0 Å². The van der Waals surface area contributed by atoms with Crippen molar-refractivity contribution in [3.63, 3.8) is 0 Å². The number of hydrogen-bond acceptors (Lipinski definition) is 3. The van der Waals surface area contributed by atoms with Crippen molar-refractivity contribution in [2.75, 3.05) is 4.90 Å². The zero-order valence-corrected chi connectivity index (χ0v) is 31.1. The van der Waals surface area contributed by atoms with Crippen LogP contribution >= 0.6 is 11.3 Å². The topological polar surface area (TPSA) is 27.0 Å². The van der Waals surface area contributed by atoms with Gasteiger partial charge in [-0.3, -0.25) is 0 Å². The van der Waals surface area contributed by atoms with Crippen LogP contribution in [0.15, 0.2) is 194 Å². The Kier molecular flexibility index (Phi) is 7.45. The van der Waals surface area contributed by atoms with Crippen LogP contribution in [-0.4, -0.2) is 0 Å². The summed E-state index contributed by atoms with van der Waals surface area (Å²) in [6, 6.07) is 72.2. The molecule has 0 radical (unpaired) electrons. The van der Waals surface area contributed by atoms with Gasteiger partial charge in [-0.25, -0.2) is 0 Å². The summed E-state index contributed by atoms with van der Waals surface area (Å²) in [6.07, 6.45) is 0. The number of nitriles is 1. The highest BCUT2D eigenvalue weighted by atomic mass is 32.1. The number of thiophene rings is 1. The second kappa shape index (κ2) is 13.0. The smallest absolute Gasteiger partial charge is 0.0991 e. The fourth-order valence-electron chi connectivity index (χ4n) is 8.75. The van der Waals surface area contributed by atoms with Crippen molar-refractivity contribution in [1.82, 2.24) is 0 Å². The third kappa shape index (κ3) is 5.08. The highest BCUT2D eigenvalue weighted by Gasteiger charge is 2.20. The molecule has 2 nitrogen and oxygen atoms in total. The molecule has 0 saturated heterocycles. The zero-order chi connectivity index (χ0) is 37.2. The Morgan fingerprint density at radius 1 is 0.393 bits per heavy atom. The lowest BCUT2D eigenvalue weighted by Crippen LogP contribution is -2.10. The van der Waals surface area contributed by atoms with Gasteiger partial charge in [0.15, 0.2) is 0 Å². The monoisotopic (exact) mass is 728 g/mol. The van der Waals surface area contributed by atoms with E-state index >= 15 is 0 Å². The van der Waals surface area contributed by atoms with Crippen LogP contribution in [0.4, 0.5) is 17.1 Å². The summed E-state index contributed by atoms with van der Waals surface area (Å²) in [4.78, 5) is 2.31. The van der Waals surface area contributed by atoms with Crippen LogP contribution in [-0.2, 0) is 0 Å². The van der Waals surface area contributed by atoms with Crippen molar-refractivity contribution >= 4 is 91.7 Å². The second-order valence-corrected chi connectivity index (χ2v) is 15.4. The van der Waals surface area contributed by atoms with E-state index in [1.54, 1.807) is 0 Å². The van der Waals surface area contributed by atoms with Crippen LogP contribution < -0.4 is 4.90 Å². The molecular weight excluding hydrogens is 697 g/mol. The predicted octanol–water partition coefficient (Wildman–Crippen LogP) is 15.3. The van der Waals surface area contributed by atoms with Gasteiger partial charge in [-0.05, 0) is 108 Å². The van der Waals surface area contributed by atoms with Crippen LogP contribution in [0.5, 0.6) is 0 Å². The Hall–Kier alpha value is -7.25. The van der Waals surface area contributed by atoms with Crippen molar-refractivity contribution in [2.45, 2.75) is 0 Å². The van der Waals surface area contributed by atoms with Crippen molar-refractivity contribution in [3.8, 4) is 28.3 Å². The van der Waals surface area contributed by atoms with Gasteiger partial charge in [-0.15, -0.1) is 11.3 Å². The summed E-state index contributed by atoms with van der Waals surface area (Å²) in [5, 5.41) is 22.0. The fraction of sp³-hybridized carbons (Fsp3) is 0. The van der Waals surface area contributed by atoms with E-state index in [1.165, 1.54) is 85.5 Å². The molecule has 1 aromatic heterocycles. The van der Waals surface area contributed by atoms with Gasteiger partial charge < -0.3 is 4.90 Å². The number of hydrogen-bond donors (Lipinski definition) is 0. The van der Waals surface area contributed by atoms with Crippen LogP contribution in [0.2, 0.25) is 0 Å². The largest absolute Gasteiger partial charge is 0.310 e. The van der Waals surface area contributed by atoms with E-state index in [4.69, 9.17) is 0 Å². The third-order valence-corrected chi connectivity index (χ3v) is 12.4. The Bertz CT molecular complexity index is 3320. The van der Waals surface area contributed by atoms with E-state index in [2.05, 4.69) is 181 Å². The zero-order valence-electron chi connectivity index (χ0n) is 30.3. The van der Waals surface area contributed by atoms with Crippen molar-refractivity contribution < 1.29 is 0 Å². The minimum Gasteiger partial charge on any atom is -0.310 e. The molecule has 11 rings (SSSR count). The molecule has 0 spiro atoms. The molecule has 0 amide bonds. The van der Waals surface area contributed by atoms with E-state index in [-0.39, 0.29) is 0 Å². The highest BCUT2D eigenvalue weighted by molar-refractivity contribution is 7.25. The van der Waals surface area contributed by atoms with Gasteiger partial charge in [0.2, 0.25) is 0 Å². The van der Waals surface area contributed by atoms with Gasteiger partial charge in [0, 0.05) is 36.9 Å². The molecule has 11 aromatic rings. The summed E-state index contributed by atoms with van der Waals surface area (Å²) in [7, 11) is 0. The third-order valence-electron chi connectivity index (χ3n) is 11.3. The molecule has 0 aliphatic rings. The molecule has 0 N–H and O–H groups in total. The maximum absolute atomic E-state index is 9.56. The molecule has 0 bridgehead atoms. The molecule has 0 atom stereocenters. The van der Waals surface area contributed by atoms with Gasteiger partial charge >= 0.3 is 0 Å². The van der Waals surface area contributed by atoms with E-state index in [9.17, 15) is 5.26 Å². The highest BCUT2D eigenvalue weighted by Crippen LogP contribution is 2.47. The molecule has 0 unspecified atom stereocenters. The Balaban J connectivity index is 1.10. The second-order valence-electron chi connectivity index (χ2n) is 14.4. The minimum absolute atomic E-state index is 0.645. The molecule has 0 saturated carbocycles. The number of fused-ring (bicyclic) bond motifs is 7. The molecule has 3 heteroatoms. The summed E-state index contributed by atoms with van der Waals surface area (Å²) in [5.41, 5.74) is 8.86. The quantitative estimate of drug-likeness (QED) is 0.165. The van der Waals surface area contributed by atoms with Crippen molar-refractivity contribution in [3.05, 3.63) is 200 Å². The Labute approximate surface area is 328 Å². The first-order valence-corrected chi connectivity index (χ1v) is 19.7. The van der Waals surface area contributed by atoms with Crippen LogP contribution in [0, 0.1) is 11.3 Å². The Morgan fingerprint density at radius 2 is 0.911 bits per heavy atom. The van der Waals surface area contributed by atoms with E-state index in [0.29, 0.717) is 5.56 Å². The minimum atomic E-state index is 0.645. The van der Waals surface area contributed by atoms with Crippen LogP contribution in [0.25, 0.3) is 85.5 Å². The maximum Gasteiger partial charge on any atom is 0.0991 e. The van der Waals surface area contributed by atoms with Crippen LogP contribution in [0.3, 0.4) is 0 Å². The van der Waals surface area contributed by atoms with Gasteiger partial charge in [0.05, 0.1) is 17.3 Å². The fourth-order valence-corrected chi connectivity index (χ4v) is 9.93. The van der Waals surface area contributed by atoms with Gasteiger partial charge in [0.1, 0.15) is 0 Å². The summed E-state index contributed by atoms with van der Waals surface area (Å²) in [6.45, 7) is 0. The number of benzene rings is 10. The lowest BCUT2D eigenvalue weighted by atomic mass is 9.84. The first kappa shape index (κ1) is 32.2. The average molecular weight is 729 g/mol. The molecule has 0 aliphatic carbocycles. The Morgan fingerprint density at radius 3 is 1.59 bits per heavy atom. The molecule has 10 aromatic carbocycles. The molecule has 260 valence electrons. The van der Waals surface area contributed by atoms with Crippen LogP contribution in [0.1, 0.15) is 5.56 Å². The number of rotatable bonds is 5. The summed E-state index contributed by atoms with van der Waals surface area (Å²) in [5.74, 6) is 0. The lowest BCUT2D eigenvalue weighted by molar-refractivity contribution is 1.30. The first-order valence-electron chi connectivity index (χ1n) is 18.9. The van der Waals surface area contributed by atoms with Gasteiger partial charge in [-0.2, -0.15) is 5.26 Å². The van der Waals surface area contributed by atoms with Gasteiger partial charge in [0.25, 0.3) is 0 Å². The molecule has 1 heterocycles. The van der Waals surface area contributed by atoms with Gasteiger partial charge in [-0.1, -0.05) is 146 Å². The molecule has 0 fully saturated rings. The summed E-state index contributed by atoms with van der Waals surface area (Å²) >= 11 is 1.84. The molecular formula is C53H32N2S. The molecule has 56 heavy (non-hydrogen) atoms. The standard InChI is InChI=1S/C53H32N2S/c54-33-34-23-26-38(27-24-34)55(49-22-10-14-36-12-2-4-16-41(36)49)39-28-30-43-42-29-25-37(31-50(42)56-51(43)32-39)52-45-17-5-7-19-47(45)53(48-20-8-6-18-46(48)52)44-21-9-13-35-11-1-3-15-40(35)44/h1-32H. The molecule has 0 aliphatic heterocycles. The first-order chi connectivity index (χ1) is 27.7.